The maximum Gasteiger partial charge on any atom is 0.469 e. The molecular formula is C17H17N4O8P. The molecule has 30 heavy (non-hydrogen) atoms. The number of aliphatic hydroxyl groups is 2. The summed E-state index contributed by atoms with van der Waals surface area (Å²) in [5, 5.41) is 20.6. The third-order valence-corrected chi connectivity index (χ3v) is 5.16. The number of aromatic nitrogens is 4. The third kappa shape index (κ3) is 3.89. The molecule has 158 valence electrons. The molecule has 1 saturated heterocycles. The van der Waals surface area contributed by atoms with Gasteiger partial charge in [0.2, 0.25) is 0 Å². The molecule has 0 amide bonds. The minimum atomic E-state index is -4.77. The van der Waals surface area contributed by atoms with E-state index in [9.17, 15) is 19.6 Å². The number of fused-ring (bicyclic) bond motifs is 1. The number of benzene rings is 1. The molecule has 4 atom stereocenters. The van der Waals surface area contributed by atoms with Crippen LogP contribution in [0.3, 0.4) is 0 Å². The van der Waals surface area contributed by atoms with E-state index >= 15 is 0 Å². The lowest BCUT2D eigenvalue weighted by atomic mass is 10.1. The van der Waals surface area contributed by atoms with Crippen molar-refractivity contribution in [1.82, 2.24) is 19.5 Å². The number of carbonyl (C=O) groups excluding carboxylic acids is 1. The zero-order valence-electron chi connectivity index (χ0n) is 15.2. The molecule has 3 aromatic rings. The van der Waals surface area contributed by atoms with Crippen LogP contribution in [-0.2, 0) is 13.8 Å². The number of aldehydes is 1. The molecule has 4 rings (SSSR count). The van der Waals surface area contributed by atoms with Crippen molar-refractivity contribution in [1.29, 1.82) is 0 Å². The molecule has 4 N–H and O–H groups in total. The summed E-state index contributed by atoms with van der Waals surface area (Å²) < 4.78 is 22.2. The second-order valence-electron chi connectivity index (χ2n) is 6.62. The molecule has 3 heterocycles. The summed E-state index contributed by atoms with van der Waals surface area (Å²) in [7, 11) is -4.77. The molecule has 2 aromatic heterocycles. The van der Waals surface area contributed by atoms with Gasteiger partial charge in [-0.25, -0.2) is 19.5 Å². The normalized spacial score (nSPS) is 24.4. The van der Waals surface area contributed by atoms with Crippen molar-refractivity contribution in [2.24, 2.45) is 0 Å². The molecule has 1 aromatic carbocycles. The molecule has 1 aliphatic heterocycles. The van der Waals surface area contributed by atoms with E-state index in [0.717, 1.165) is 0 Å². The van der Waals surface area contributed by atoms with Crippen LogP contribution in [0.25, 0.3) is 22.4 Å². The number of carbonyl (C=O) groups is 1. The van der Waals surface area contributed by atoms with Gasteiger partial charge in [-0.3, -0.25) is 13.9 Å². The molecule has 0 spiro atoms. The summed E-state index contributed by atoms with van der Waals surface area (Å²) in [5.41, 5.74) is 2.23. The Morgan fingerprint density at radius 1 is 1.20 bits per heavy atom. The van der Waals surface area contributed by atoms with Gasteiger partial charge in [-0.2, -0.15) is 0 Å². The van der Waals surface area contributed by atoms with E-state index in [4.69, 9.17) is 14.5 Å². The van der Waals surface area contributed by atoms with Crippen LogP contribution in [0.2, 0.25) is 0 Å². The van der Waals surface area contributed by atoms with Gasteiger partial charge in [0, 0.05) is 11.1 Å². The van der Waals surface area contributed by atoms with Gasteiger partial charge in [0.1, 0.15) is 42.1 Å². The van der Waals surface area contributed by atoms with Crippen LogP contribution in [0.15, 0.2) is 36.9 Å². The van der Waals surface area contributed by atoms with Gasteiger partial charge in [0.25, 0.3) is 0 Å². The number of phosphoric ester groups is 1. The van der Waals surface area contributed by atoms with Crippen LogP contribution in [-0.4, -0.2) is 70.7 Å². The first-order valence-corrected chi connectivity index (χ1v) is 10.3. The quantitative estimate of drug-likeness (QED) is 0.303. The average Bonchev–Trinajstić information content (AvgIpc) is 3.27. The predicted molar refractivity (Wildman–Crippen MR) is 100 cm³/mol. The Labute approximate surface area is 169 Å². The van der Waals surface area contributed by atoms with Gasteiger partial charge in [-0.1, -0.05) is 18.2 Å². The Hall–Kier alpha value is -2.57. The van der Waals surface area contributed by atoms with Gasteiger partial charge < -0.3 is 24.7 Å². The molecule has 0 bridgehead atoms. The fourth-order valence-corrected chi connectivity index (χ4v) is 3.62. The lowest BCUT2D eigenvalue weighted by Gasteiger charge is -2.16. The molecular weight excluding hydrogens is 419 g/mol. The number of ether oxygens (including phenoxy) is 1. The molecule has 0 unspecified atom stereocenters. The van der Waals surface area contributed by atoms with Gasteiger partial charge in [-0.05, 0) is 6.07 Å². The van der Waals surface area contributed by atoms with E-state index in [2.05, 4.69) is 19.5 Å². The van der Waals surface area contributed by atoms with Crippen molar-refractivity contribution in [3.8, 4) is 11.3 Å². The smallest absolute Gasteiger partial charge is 0.387 e. The number of imidazole rings is 1. The highest BCUT2D eigenvalue weighted by Crippen LogP contribution is 2.39. The SMILES string of the molecule is O=Cc1cccc(-c2ncnc3c2ncn3[C@@H]2O[C@H](COP(=O)(O)O)[C@@H](O)[C@H]2O)c1. The Balaban J connectivity index is 1.67. The molecule has 1 aliphatic rings. The summed E-state index contributed by atoms with van der Waals surface area (Å²) in [6.45, 7) is -0.621. The number of rotatable bonds is 6. The van der Waals surface area contributed by atoms with Gasteiger partial charge >= 0.3 is 7.82 Å². The molecule has 0 radical (unpaired) electrons. The Bertz CT molecular complexity index is 1130. The van der Waals surface area contributed by atoms with Crippen molar-refractivity contribution in [3.05, 3.63) is 42.5 Å². The number of hydrogen-bond acceptors (Lipinski definition) is 9. The summed E-state index contributed by atoms with van der Waals surface area (Å²) in [6.07, 6.45) is -1.84. The Morgan fingerprint density at radius 2 is 2.00 bits per heavy atom. The lowest BCUT2D eigenvalue weighted by Crippen LogP contribution is -2.33. The van der Waals surface area contributed by atoms with Crippen LogP contribution in [0.5, 0.6) is 0 Å². The number of nitrogens with zero attached hydrogens (tertiary/aromatic N) is 4. The van der Waals surface area contributed by atoms with E-state index in [1.54, 1.807) is 24.3 Å². The highest BCUT2D eigenvalue weighted by atomic mass is 31.2. The largest absolute Gasteiger partial charge is 0.469 e. The zero-order valence-corrected chi connectivity index (χ0v) is 16.1. The summed E-state index contributed by atoms with van der Waals surface area (Å²) in [6, 6.07) is 6.76. The minimum absolute atomic E-state index is 0.296. The monoisotopic (exact) mass is 436 g/mol. The summed E-state index contributed by atoms with van der Waals surface area (Å²) in [5.74, 6) is 0. The topological polar surface area (TPSA) is 177 Å². The minimum Gasteiger partial charge on any atom is -0.387 e. The van der Waals surface area contributed by atoms with Crippen LogP contribution in [0.4, 0.5) is 0 Å². The number of aliphatic hydroxyl groups excluding tert-OH is 2. The van der Waals surface area contributed by atoms with Gasteiger partial charge in [-0.15, -0.1) is 0 Å². The van der Waals surface area contributed by atoms with E-state index in [1.807, 2.05) is 0 Å². The number of hydrogen-bond donors (Lipinski definition) is 4. The van der Waals surface area contributed by atoms with Crippen LogP contribution in [0, 0.1) is 0 Å². The summed E-state index contributed by atoms with van der Waals surface area (Å²) in [4.78, 5) is 41.4. The van der Waals surface area contributed by atoms with Crippen molar-refractivity contribution in [2.75, 3.05) is 6.61 Å². The average molecular weight is 436 g/mol. The fraction of sp³-hybridized carbons (Fsp3) is 0.294. The third-order valence-electron chi connectivity index (χ3n) is 4.67. The number of phosphoric acid groups is 1. The van der Waals surface area contributed by atoms with E-state index in [0.29, 0.717) is 34.3 Å². The molecule has 0 saturated carbocycles. The molecule has 12 nitrogen and oxygen atoms in total. The van der Waals surface area contributed by atoms with Gasteiger partial charge in [0.15, 0.2) is 11.9 Å². The standard InChI is InChI=1S/C17H17N4O8P/c22-5-9-2-1-3-10(4-9)12-13-16(19-7-18-12)21(8-20-13)17-15(24)14(23)11(29-17)6-28-30(25,26)27/h1-5,7-8,11,14-15,17,23-24H,6H2,(H2,25,26,27)/t11-,14-,15-,17-/m1/s1. The Kier molecular flexibility index (Phi) is 5.47. The first kappa shape index (κ1) is 20.7. The van der Waals surface area contributed by atoms with Crippen molar-refractivity contribution < 1.29 is 38.6 Å². The zero-order chi connectivity index (χ0) is 21.5. The first-order valence-electron chi connectivity index (χ1n) is 8.73. The van der Waals surface area contributed by atoms with Crippen molar-refractivity contribution in [3.63, 3.8) is 0 Å². The Morgan fingerprint density at radius 3 is 2.73 bits per heavy atom. The highest BCUT2D eigenvalue weighted by molar-refractivity contribution is 7.46. The van der Waals surface area contributed by atoms with Crippen molar-refractivity contribution >= 4 is 25.3 Å². The van der Waals surface area contributed by atoms with E-state index in [-0.39, 0.29) is 0 Å². The second kappa shape index (κ2) is 7.93. The maximum atomic E-state index is 11.1. The molecule has 1 fully saturated rings. The van der Waals surface area contributed by atoms with E-state index in [1.165, 1.54) is 17.2 Å². The first-order chi connectivity index (χ1) is 14.3. The van der Waals surface area contributed by atoms with Crippen LogP contribution in [0.1, 0.15) is 16.6 Å². The van der Waals surface area contributed by atoms with Gasteiger partial charge in [0.05, 0.1) is 12.9 Å². The second-order valence-corrected chi connectivity index (χ2v) is 7.86. The molecule has 13 heteroatoms. The maximum absolute atomic E-state index is 11.1. The van der Waals surface area contributed by atoms with Crippen LogP contribution < -0.4 is 0 Å². The summed E-state index contributed by atoms with van der Waals surface area (Å²) >= 11 is 0. The highest BCUT2D eigenvalue weighted by Gasteiger charge is 2.45. The van der Waals surface area contributed by atoms with Crippen molar-refractivity contribution in [2.45, 2.75) is 24.5 Å². The predicted octanol–water partition coefficient (Wildman–Crippen LogP) is 0.0343. The van der Waals surface area contributed by atoms with Crippen LogP contribution >= 0.6 is 7.82 Å². The molecule has 0 aliphatic carbocycles. The van der Waals surface area contributed by atoms with E-state index < -0.39 is 39.0 Å². The lowest BCUT2D eigenvalue weighted by molar-refractivity contribution is -0.0504. The fourth-order valence-electron chi connectivity index (χ4n) is 3.28.